The van der Waals surface area contributed by atoms with E-state index in [4.69, 9.17) is 5.73 Å². The van der Waals surface area contributed by atoms with Crippen LogP contribution >= 0.6 is 0 Å². The fraction of sp³-hybridized carbons (Fsp3) is 0.500. The maximum Gasteiger partial charge on any atom is 0.248 e. The van der Waals surface area contributed by atoms with Gasteiger partial charge in [0.2, 0.25) is 5.91 Å². The summed E-state index contributed by atoms with van der Waals surface area (Å²) in [7, 11) is 0. The topological polar surface area (TPSA) is 75.3 Å². The Balaban J connectivity index is 2.82. The number of amides is 1. The zero-order chi connectivity index (χ0) is 14.8. The van der Waals surface area contributed by atoms with E-state index in [9.17, 15) is 14.3 Å². The smallest absolute Gasteiger partial charge is 0.248 e. The van der Waals surface area contributed by atoms with E-state index in [0.29, 0.717) is 5.56 Å². The molecule has 0 heterocycles. The molecule has 0 spiro atoms. The number of carbonyl (C=O) groups is 1. The maximum atomic E-state index is 13.8. The third kappa shape index (κ3) is 3.75. The first-order valence-corrected chi connectivity index (χ1v) is 6.10. The second-order valence-electron chi connectivity index (χ2n) is 5.71. The van der Waals surface area contributed by atoms with Gasteiger partial charge in [0.1, 0.15) is 5.82 Å². The number of primary amides is 1. The molecule has 0 radical (unpaired) electrons. The first-order valence-electron chi connectivity index (χ1n) is 6.10. The Morgan fingerprint density at radius 1 is 1.37 bits per heavy atom. The van der Waals surface area contributed by atoms with Gasteiger partial charge in [0, 0.05) is 23.2 Å². The van der Waals surface area contributed by atoms with Crippen molar-refractivity contribution in [3.8, 4) is 0 Å². The lowest BCUT2D eigenvalue weighted by Gasteiger charge is -2.38. The van der Waals surface area contributed by atoms with Gasteiger partial charge < -0.3 is 16.2 Å². The van der Waals surface area contributed by atoms with Gasteiger partial charge in [-0.15, -0.1) is 0 Å². The minimum absolute atomic E-state index is 0.142. The summed E-state index contributed by atoms with van der Waals surface area (Å²) in [4.78, 5) is 10.9. The lowest BCUT2D eigenvalue weighted by molar-refractivity contribution is -0.00543. The van der Waals surface area contributed by atoms with Crippen molar-refractivity contribution in [1.29, 1.82) is 0 Å². The molecular weight excluding hydrogens is 247 g/mol. The van der Waals surface area contributed by atoms with E-state index in [2.05, 4.69) is 5.32 Å². The highest BCUT2D eigenvalue weighted by atomic mass is 19.1. The van der Waals surface area contributed by atoms with Crippen LogP contribution in [-0.4, -0.2) is 22.2 Å². The molecule has 0 bridgehead atoms. The molecule has 0 saturated heterocycles. The summed E-state index contributed by atoms with van der Waals surface area (Å²) < 4.78 is 13.8. The lowest BCUT2D eigenvalue weighted by atomic mass is 9.86. The van der Waals surface area contributed by atoms with Crippen molar-refractivity contribution in [2.45, 2.75) is 45.4 Å². The highest BCUT2D eigenvalue weighted by Gasteiger charge is 2.34. The van der Waals surface area contributed by atoms with Crippen molar-refractivity contribution in [3.63, 3.8) is 0 Å². The summed E-state index contributed by atoms with van der Waals surface area (Å²) in [6.45, 7) is 7.30. The van der Waals surface area contributed by atoms with Crippen molar-refractivity contribution in [3.05, 3.63) is 35.1 Å². The molecule has 4 nitrogen and oxygen atoms in total. The van der Waals surface area contributed by atoms with Gasteiger partial charge in [-0.3, -0.25) is 4.79 Å². The predicted octanol–water partition coefficient (Wildman–Crippen LogP) is 1.56. The van der Waals surface area contributed by atoms with Crippen LogP contribution in [0, 0.1) is 5.82 Å². The Morgan fingerprint density at radius 2 is 1.95 bits per heavy atom. The second kappa shape index (κ2) is 5.27. The van der Waals surface area contributed by atoms with Crippen LogP contribution in [-0.2, 0) is 6.54 Å². The zero-order valence-electron chi connectivity index (χ0n) is 11.7. The molecule has 1 rings (SSSR count). The van der Waals surface area contributed by atoms with Gasteiger partial charge in [-0.25, -0.2) is 4.39 Å². The molecule has 0 aliphatic heterocycles. The number of carbonyl (C=O) groups excluding carboxylic acids is 1. The largest absolute Gasteiger partial charge is 0.389 e. The van der Waals surface area contributed by atoms with Gasteiger partial charge in [-0.05, 0) is 39.8 Å². The SMILES string of the molecule is CC(C)(O)C(C)(C)NCc1ccc(C(N)=O)cc1F. The van der Waals surface area contributed by atoms with Crippen molar-refractivity contribution >= 4 is 5.91 Å². The Labute approximate surface area is 112 Å². The summed E-state index contributed by atoms with van der Waals surface area (Å²) in [5.74, 6) is -1.15. The first kappa shape index (κ1) is 15.6. The van der Waals surface area contributed by atoms with E-state index in [1.807, 2.05) is 13.8 Å². The first-order chi connectivity index (χ1) is 8.54. The molecule has 0 aromatic heterocycles. The summed E-state index contributed by atoms with van der Waals surface area (Å²) in [5, 5.41) is 13.1. The lowest BCUT2D eigenvalue weighted by Crippen LogP contribution is -2.55. The van der Waals surface area contributed by atoms with Crippen LogP contribution in [0.3, 0.4) is 0 Å². The van der Waals surface area contributed by atoms with Gasteiger partial charge in [0.25, 0.3) is 0 Å². The minimum Gasteiger partial charge on any atom is -0.389 e. The molecule has 0 atom stereocenters. The molecule has 106 valence electrons. The molecule has 4 N–H and O–H groups in total. The Hall–Kier alpha value is -1.46. The van der Waals surface area contributed by atoms with E-state index >= 15 is 0 Å². The van der Waals surface area contributed by atoms with Crippen molar-refractivity contribution in [2.75, 3.05) is 0 Å². The third-order valence-corrected chi connectivity index (χ3v) is 3.59. The quantitative estimate of drug-likeness (QED) is 0.758. The van der Waals surface area contributed by atoms with E-state index in [1.54, 1.807) is 13.8 Å². The van der Waals surface area contributed by atoms with Crippen LogP contribution in [0.1, 0.15) is 43.6 Å². The van der Waals surface area contributed by atoms with Crippen molar-refractivity contribution < 1.29 is 14.3 Å². The van der Waals surface area contributed by atoms with Gasteiger partial charge in [0.15, 0.2) is 0 Å². The van der Waals surface area contributed by atoms with Crippen LogP contribution < -0.4 is 11.1 Å². The molecule has 0 fully saturated rings. The number of aliphatic hydroxyl groups is 1. The number of hydrogen-bond donors (Lipinski definition) is 3. The minimum atomic E-state index is -0.948. The Morgan fingerprint density at radius 3 is 2.37 bits per heavy atom. The zero-order valence-corrected chi connectivity index (χ0v) is 11.7. The standard InChI is InChI=1S/C14H21FN2O2/c1-13(2,14(3,4)19)17-8-10-6-5-9(12(16)18)7-11(10)15/h5-7,17,19H,8H2,1-4H3,(H2,16,18). The maximum absolute atomic E-state index is 13.8. The monoisotopic (exact) mass is 268 g/mol. The Kier molecular flexibility index (Phi) is 4.32. The van der Waals surface area contributed by atoms with Gasteiger partial charge in [-0.2, -0.15) is 0 Å². The molecule has 1 aromatic rings. The summed E-state index contributed by atoms with van der Waals surface area (Å²) in [6.07, 6.45) is 0. The van der Waals surface area contributed by atoms with Gasteiger partial charge >= 0.3 is 0 Å². The molecule has 1 aromatic carbocycles. The van der Waals surface area contributed by atoms with Gasteiger partial charge in [-0.1, -0.05) is 6.07 Å². The van der Waals surface area contributed by atoms with Gasteiger partial charge in [0.05, 0.1) is 5.60 Å². The number of nitrogens with one attached hydrogen (secondary N) is 1. The van der Waals surface area contributed by atoms with E-state index in [0.717, 1.165) is 6.07 Å². The third-order valence-electron chi connectivity index (χ3n) is 3.59. The second-order valence-corrected chi connectivity index (χ2v) is 5.71. The number of benzene rings is 1. The molecule has 1 amide bonds. The van der Waals surface area contributed by atoms with E-state index in [-0.39, 0.29) is 12.1 Å². The summed E-state index contributed by atoms with van der Waals surface area (Å²) >= 11 is 0. The van der Waals surface area contributed by atoms with Crippen molar-refractivity contribution in [1.82, 2.24) is 5.32 Å². The predicted molar refractivity (Wildman–Crippen MR) is 72.1 cm³/mol. The number of hydrogen-bond acceptors (Lipinski definition) is 3. The fourth-order valence-electron chi connectivity index (χ4n) is 1.38. The average molecular weight is 268 g/mol. The number of halogens is 1. The molecule has 19 heavy (non-hydrogen) atoms. The highest BCUT2D eigenvalue weighted by Crippen LogP contribution is 2.21. The number of rotatable bonds is 5. The highest BCUT2D eigenvalue weighted by molar-refractivity contribution is 5.92. The van der Waals surface area contributed by atoms with Crippen LogP contribution in [0.5, 0.6) is 0 Å². The number of nitrogens with two attached hydrogens (primary N) is 1. The molecular formula is C14H21FN2O2. The van der Waals surface area contributed by atoms with E-state index in [1.165, 1.54) is 12.1 Å². The van der Waals surface area contributed by atoms with Crippen LogP contribution in [0.2, 0.25) is 0 Å². The van der Waals surface area contributed by atoms with E-state index < -0.39 is 22.9 Å². The van der Waals surface area contributed by atoms with Crippen LogP contribution in [0.15, 0.2) is 18.2 Å². The van der Waals surface area contributed by atoms with Crippen LogP contribution in [0.25, 0.3) is 0 Å². The molecule has 5 heteroatoms. The molecule has 0 aliphatic carbocycles. The molecule has 0 saturated carbocycles. The summed E-state index contributed by atoms with van der Waals surface area (Å²) in [5.41, 5.74) is 4.11. The fourth-order valence-corrected chi connectivity index (χ4v) is 1.38. The molecule has 0 aliphatic rings. The van der Waals surface area contributed by atoms with Crippen molar-refractivity contribution in [2.24, 2.45) is 5.73 Å². The average Bonchev–Trinajstić information content (AvgIpc) is 2.25. The van der Waals surface area contributed by atoms with Crippen LogP contribution in [0.4, 0.5) is 4.39 Å². The Bertz CT molecular complexity index is 479. The normalized spacial score (nSPS) is 12.5. The molecule has 0 unspecified atom stereocenters. The summed E-state index contributed by atoms with van der Waals surface area (Å²) in [6, 6.07) is 4.12.